The van der Waals surface area contributed by atoms with Gasteiger partial charge in [-0.2, -0.15) is 0 Å². The van der Waals surface area contributed by atoms with Crippen molar-refractivity contribution < 1.29 is 9.84 Å². The Morgan fingerprint density at radius 3 is 2.44 bits per heavy atom. The van der Waals surface area contributed by atoms with E-state index in [-0.39, 0.29) is 0 Å². The van der Waals surface area contributed by atoms with E-state index in [1.54, 1.807) is 7.11 Å². The Morgan fingerprint density at radius 1 is 1.22 bits per heavy atom. The maximum absolute atomic E-state index is 10.7. The molecule has 0 fully saturated rings. The van der Waals surface area contributed by atoms with Gasteiger partial charge in [-0.05, 0) is 44.4 Å². The molecular weight excluding hydrogens is 224 g/mol. The van der Waals surface area contributed by atoms with Gasteiger partial charge in [0.25, 0.3) is 0 Å². The zero-order valence-electron chi connectivity index (χ0n) is 12.3. The quantitative estimate of drug-likeness (QED) is 0.770. The molecule has 1 aromatic carbocycles. The van der Waals surface area contributed by atoms with Crippen LogP contribution in [0.4, 0.5) is 0 Å². The first-order valence-electron chi connectivity index (χ1n) is 6.80. The molecule has 0 amide bonds. The van der Waals surface area contributed by atoms with Crippen LogP contribution in [-0.2, 0) is 5.60 Å². The molecule has 0 saturated carbocycles. The fourth-order valence-corrected chi connectivity index (χ4v) is 2.62. The molecule has 1 unspecified atom stereocenters. The Balaban J connectivity index is 3.06. The van der Waals surface area contributed by atoms with E-state index in [1.807, 2.05) is 26.8 Å². The molecule has 0 bridgehead atoms. The molecular formula is C16H26O2. The Morgan fingerprint density at radius 2 is 1.89 bits per heavy atom. The van der Waals surface area contributed by atoms with E-state index in [9.17, 15) is 5.11 Å². The van der Waals surface area contributed by atoms with Gasteiger partial charge in [0, 0.05) is 5.56 Å². The Kier molecular flexibility index (Phi) is 5.21. The van der Waals surface area contributed by atoms with E-state index >= 15 is 0 Å². The van der Waals surface area contributed by atoms with E-state index in [0.29, 0.717) is 0 Å². The van der Waals surface area contributed by atoms with Gasteiger partial charge in [0.2, 0.25) is 0 Å². The van der Waals surface area contributed by atoms with Crippen LogP contribution in [0.3, 0.4) is 0 Å². The minimum atomic E-state index is -0.807. The number of unbranched alkanes of at least 4 members (excludes halogenated alkanes) is 2. The number of aryl methyl sites for hydroxylation is 2. The molecule has 0 aliphatic carbocycles. The molecule has 0 spiro atoms. The predicted molar refractivity (Wildman–Crippen MR) is 76.2 cm³/mol. The highest BCUT2D eigenvalue weighted by Crippen LogP contribution is 2.37. The average Bonchev–Trinajstić information content (AvgIpc) is 2.27. The summed E-state index contributed by atoms with van der Waals surface area (Å²) >= 11 is 0. The van der Waals surface area contributed by atoms with Gasteiger partial charge < -0.3 is 9.84 Å². The third-order valence-electron chi connectivity index (χ3n) is 3.47. The van der Waals surface area contributed by atoms with Crippen LogP contribution in [0.5, 0.6) is 5.75 Å². The van der Waals surface area contributed by atoms with Crippen LogP contribution in [0.15, 0.2) is 12.1 Å². The number of hydrogen-bond acceptors (Lipinski definition) is 2. The number of rotatable bonds is 6. The van der Waals surface area contributed by atoms with Crippen molar-refractivity contribution in [1.82, 2.24) is 0 Å². The summed E-state index contributed by atoms with van der Waals surface area (Å²) in [5.74, 6) is 0.800. The third-order valence-corrected chi connectivity index (χ3v) is 3.47. The van der Waals surface area contributed by atoms with Gasteiger partial charge in [-0.1, -0.05) is 32.3 Å². The lowest BCUT2D eigenvalue weighted by Gasteiger charge is -2.28. The normalized spacial score (nSPS) is 14.3. The van der Waals surface area contributed by atoms with Crippen LogP contribution in [0.2, 0.25) is 0 Å². The molecule has 0 heterocycles. The molecule has 0 radical (unpaired) electrons. The van der Waals surface area contributed by atoms with E-state index < -0.39 is 5.60 Å². The summed E-state index contributed by atoms with van der Waals surface area (Å²) in [6, 6.07) is 4.10. The number of aliphatic hydroxyl groups is 1. The summed E-state index contributed by atoms with van der Waals surface area (Å²) in [6.07, 6.45) is 4.14. The Labute approximate surface area is 111 Å². The van der Waals surface area contributed by atoms with Crippen molar-refractivity contribution in [2.24, 2.45) is 0 Å². The molecule has 1 atom stereocenters. The maximum atomic E-state index is 10.7. The lowest BCUT2D eigenvalue weighted by atomic mass is 9.86. The van der Waals surface area contributed by atoms with Crippen molar-refractivity contribution in [1.29, 1.82) is 0 Å². The lowest BCUT2D eigenvalue weighted by molar-refractivity contribution is 0.0418. The second kappa shape index (κ2) is 6.24. The SMILES string of the molecule is CCCCCC(C)(O)c1c(C)cc(C)cc1OC. The summed E-state index contributed by atoms with van der Waals surface area (Å²) in [4.78, 5) is 0. The number of methoxy groups -OCH3 is 1. The fraction of sp³-hybridized carbons (Fsp3) is 0.625. The van der Waals surface area contributed by atoms with Gasteiger partial charge in [-0.15, -0.1) is 0 Å². The van der Waals surface area contributed by atoms with Crippen molar-refractivity contribution in [2.45, 2.75) is 59.0 Å². The summed E-state index contributed by atoms with van der Waals surface area (Å²) in [5.41, 5.74) is 2.40. The number of ether oxygens (including phenoxy) is 1. The summed E-state index contributed by atoms with van der Waals surface area (Å²) in [6.45, 7) is 8.15. The molecule has 18 heavy (non-hydrogen) atoms. The summed E-state index contributed by atoms with van der Waals surface area (Å²) < 4.78 is 5.44. The topological polar surface area (TPSA) is 29.5 Å². The lowest BCUT2D eigenvalue weighted by Crippen LogP contribution is -2.23. The first-order valence-corrected chi connectivity index (χ1v) is 6.80. The zero-order chi connectivity index (χ0) is 13.8. The van der Waals surface area contributed by atoms with Gasteiger partial charge >= 0.3 is 0 Å². The molecule has 0 saturated heterocycles. The molecule has 0 aliphatic rings. The highest BCUT2D eigenvalue weighted by atomic mass is 16.5. The van der Waals surface area contributed by atoms with Crippen LogP contribution in [-0.4, -0.2) is 12.2 Å². The van der Waals surface area contributed by atoms with Crippen LogP contribution in [0.1, 0.15) is 56.2 Å². The smallest absolute Gasteiger partial charge is 0.125 e. The van der Waals surface area contributed by atoms with Gasteiger partial charge in [0.1, 0.15) is 5.75 Å². The highest BCUT2D eigenvalue weighted by Gasteiger charge is 2.28. The van der Waals surface area contributed by atoms with Gasteiger partial charge in [0.05, 0.1) is 12.7 Å². The third kappa shape index (κ3) is 3.49. The van der Waals surface area contributed by atoms with Crippen molar-refractivity contribution in [3.8, 4) is 5.75 Å². The fourth-order valence-electron chi connectivity index (χ4n) is 2.62. The molecule has 0 aliphatic heterocycles. The van der Waals surface area contributed by atoms with Crippen molar-refractivity contribution in [2.75, 3.05) is 7.11 Å². The van der Waals surface area contributed by atoms with Crippen molar-refractivity contribution in [3.63, 3.8) is 0 Å². The number of hydrogen-bond donors (Lipinski definition) is 1. The minimum absolute atomic E-state index is 0.779. The molecule has 2 heteroatoms. The first-order chi connectivity index (χ1) is 8.42. The molecule has 2 nitrogen and oxygen atoms in total. The van der Waals surface area contributed by atoms with E-state index in [1.165, 1.54) is 6.42 Å². The van der Waals surface area contributed by atoms with Gasteiger partial charge in [-0.25, -0.2) is 0 Å². The molecule has 1 N–H and O–H groups in total. The Bertz CT molecular complexity index is 394. The van der Waals surface area contributed by atoms with Crippen LogP contribution < -0.4 is 4.74 Å². The minimum Gasteiger partial charge on any atom is -0.496 e. The standard InChI is InChI=1S/C16H26O2/c1-6-7-8-9-16(4,17)15-13(3)10-12(2)11-14(15)18-5/h10-11,17H,6-9H2,1-5H3. The second-order valence-corrected chi connectivity index (χ2v) is 5.39. The monoisotopic (exact) mass is 250 g/mol. The molecule has 0 aromatic heterocycles. The predicted octanol–water partition coefficient (Wildman–Crippen LogP) is 4.10. The van der Waals surface area contributed by atoms with E-state index in [4.69, 9.17) is 4.74 Å². The van der Waals surface area contributed by atoms with E-state index in [0.717, 1.165) is 41.7 Å². The molecule has 1 rings (SSSR count). The van der Waals surface area contributed by atoms with Crippen molar-refractivity contribution >= 4 is 0 Å². The van der Waals surface area contributed by atoms with Crippen LogP contribution in [0.25, 0.3) is 0 Å². The molecule has 102 valence electrons. The van der Waals surface area contributed by atoms with Gasteiger partial charge in [0.15, 0.2) is 0 Å². The van der Waals surface area contributed by atoms with Gasteiger partial charge in [-0.3, -0.25) is 0 Å². The zero-order valence-corrected chi connectivity index (χ0v) is 12.3. The van der Waals surface area contributed by atoms with Crippen LogP contribution >= 0.6 is 0 Å². The summed E-state index contributed by atoms with van der Waals surface area (Å²) in [7, 11) is 1.67. The highest BCUT2D eigenvalue weighted by molar-refractivity contribution is 5.46. The first kappa shape index (κ1) is 15.0. The van der Waals surface area contributed by atoms with E-state index in [2.05, 4.69) is 13.0 Å². The summed E-state index contributed by atoms with van der Waals surface area (Å²) in [5, 5.41) is 10.7. The Hall–Kier alpha value is -1.02. The van der Waals surface area contributed by atoms with Crippen LogP contribution in [0, 0.1) is 13.8 Å². The largest absolute Gasteiger partial charge is 0.496 e. The average molecular weight is 250 g/mol. The number of benzene rings is 1. The second-order valence-electron chi connectivity index (χ2n) is 5.39. The van der Waals surface area contributed by atoms with Crippen molar-refractivity contribution in [3.05, 3.63) is 28.8 Å². The molecule has 1 aromatic rings. The maximum Gasteiger partial charge on any atom is 0.125 e.